The van der Waals surface area contributed by atoms with Gasteiger partial charge in [-0.25, -0.2) is 4.98 Å². The monoisotopic (exact) mass is 198 g/mol. The second kappa shape index (κ2) is 2.99. The number of nitrogen functional groups attached to an aromatic ring is 1. The van der Waals surface area contributed by atoms with E-state index in [9.17, 15) is 4.79 Å². The second-order valence-corrected chi connectivity index (χ2v) is 4.31. The lowest BCUT2D eigenvalue weighted by molar-refractivity contribution is -0.137. The van der Waals surface area contributed by atoms with Crippen molar-refractivity contribution in [3.05, 3.63) is 10.6 Å². The Labute approximate surface area is 79.4 Å². The Morgan fingerprint density at radius 2 is 2.54 bits per heavy atom. The van der Waals surface area contributed by atoms with Crippen molar-refractivity contribution >= 4 is 22.4 Å². The molecule has 13 heavy (non-hydrogen) atoms. The number of hydrogen-bond acceptors (Lipinski definition) is 4. The Kier molecular flexibility index (Phi) is 1.95. The van der Waals surface area contributed by atoms with Crippen molar-refractivity contribution < 1.29 is 9.90 Å². The number of aryl methyl sites for hydroxylation is 1. The lowest BCUT2D eigenvalue weighted by Crippen LogP contribution is -2.03. The van der Waals surface area contributed by atoms with Gasteiger partial charge in [-0.1, -0.05) is 0 Å². The molecule has 1 heterocycles. The largest absolute Gasteiger partial charge is 0.481 e. The van der Waals surface area contributed by atoms with Gasteiger partial charge in [0.1, 0.15) is 0 Å². The highest BCUT2D eigenvalue weighted by Gasteiger charge is 2.28. The van der Waals surface area contributed by atoms with Gasteiger partial charge in [0.2, 0.25) is 0 Å². The molecule has 1 aromatic rings. The molecule has 1 unspecified atom stereocenters. The summed E-state index contributed by atoms with van der Waals surface area (Å²) in [6, 6.07) is 0. The summed E-state index contributed by atoms with van der Waals surface area (Å²) in [4.78, 5) is 15.8. The summed E-state index contributed by atoms with van der Waals surface area (Å²) in [7, 11) is 0. The van der Waals surface area contributed by atoms with Crippen LogP contribution in [0.15, 0.2) is 0 Å². The topological polar surface area (TPSA) is 76.2 Å². The molecule has 0 radical (unpaired) electrons. The number of aromatic nitrogens is 1. The summed E-state index contributed by atoms with van der Waals surface area (Å²) in [5.74, 6) is -0.675. The number of carbonyl (C=O) groups is 1. The molecule has 0 amide bonds. The third-order valence-corrected chi connectivity index (χ3v) is 3.23. The number of nitrogens with zero attached hydrogens (tertiary/aromatic N) is 1. The normalized spacial score (nSPS) is 20.2. The molecule has 0 aromatic carbocycles. The molecule has 0 aliphatic heterocycles. The summed E-state index contributed by atoms with van der Waals surface area (Å²) < 4.78 is 0. The van der Waals surface area contributed by atoms with E-state index in [0.29, 0.717) is 5.13 Å². The Bertz CT molecular complexity index is 348. The van der Waals surface area contributed by atoms with Gasteiger partial charge in [0.25, 0.3) is 0 Å². The predicted octanol–water partition coefficient (Wildman–Crippen LogP) is 1.23. The van der Waals surface area contributed by atoms with Crippen molar-refractivity contribution in [1.82, 2.24) is 4.98 Å². The fourth-order valence-electron chi connectivity index (χ4n) is 1.73. The van der Waals surface area contributed by atoms with Crippen LogP contribution in [0.2, 0.25) is 0 Å². The minimum Gasteiger partial charge on any atom is -0.481 e. The molecule has 0 bridgehead atoms. The van der Waals surface area contributed by atoms with Gasteiger partial charge in [0, 0.05) is 10.8 Å². The molecular weight excluding hydrogens is 188 g/mol. The van der Waals surface area contributed by atoms with Crippen molar-refractivity contribution in [2.75, 3.05) is 5.73 Å². The van der Waals surface area contributed by atoms with E-state index in [1.165, 1.54) is 16.2 Å². The van der Waals surface area contributed by atoms with E-state index in [0.717, 1.165) is 18.5 Å². The first kappa shape index (κ1) is 8.50. The van der Waals surface area contributed by atoms with Gasteiger partial charge < -0.3 is 10.8 Å². The summed E-state index contributed by atoms with van der Waals surface area (Å²) in [6.07, 6.45) is 2.01. The molecule has 70 valence electrons. The highest BCUT2D eigenvalue weighted by molar-refractivity contribution is 7.15. The summed E-state index contributed by atoms with van der Waals surface area (Å²) in [5, 5.41) is 9.21. The minimum absolute atomic E-state index is 0.0843. The number of nitrogens with two attached hydrogens (primary N) is 1. The summed E-state index contributed by atoms with van der Waals surface area (Å²) in [6.45, 7) is 0. The van der Waals surface area contributed by atoms with E-state index >= 15 is 0 Å². The number of carboxylic acids is 1. The first-order valence-electron chi connectivity index (χ1n) is 4.13. The van der Waals surface area contributed by atoms with Crippen LogP contribution in [0.1, 0.15) is 29.3 Å². The van der Waals surface area contributed by atoms with Crippen LogP contribution < -0.4 is 5.73 Å². The molecule has 3 N–H and O–H groups in total. The fourth-order valence-corrected chi connectivity index (χ4v) is 2.67. The number of carboxylic acid groups (broad SMARTS) is 1. The van der Waals surface area contributed by atoms with Crippen LogP contribution in [0, 0.1) is 0 Å². The van der Waals surface area contributed by atoms with E-state index in [1.807, 2.05) is 0 Å². The fraction of sp³-hybridized carbons (Fsp3) is 0.500. The van der Waals surface area contributed by atoms with Gasteiger partial charge in [-0.05, 0) is 12.8 Å². The van der Waals surface area contributed by atoms with Crippen LogP contribution >= 0.6 is 11.3 Å². The van der Waals surface area contributed by atoms with Gasteiger partial charge >= 0.3 is 5.97 Å². The average Bonchev–Trinajstić information content (AvgIpc) is 2.51. The van der Waals surface area contributed by atoms with Crippen LogP contribution in [0.4, 0.5) is 5.13 Å². The molecule has 4 nitrogen and oxygen atoms in total. The Hall–Kier alpha value is -1.10. The van der Waals surface area contributed by atoms with Gasteiger partial charge in [-0.2, -0.15) is 0 Å². The van der Waals surface area contributed by atoms with Crippen LogP contribution in [-0.4, -0.2) is 16.1 Å². The second-order valence-electron chi connectivity index (χ2n) is 3.19. The first-order chi connectivity index (χ1) is 6.16. The standard InChI is InChI=1S/C8H10N2O2S/c9-8-10-7-4(3-6(11)12)1-2-5(7)13-8/h4H,1-3H2,(H2,9,10)(H,11,12). The minimum atomic E-state index is -0.760. The maximum Gasteiger partial charge on any atom is 0.304 e. The number of rotatable bonds is 2. The molecular formula is C8H10N2O2S. The number of fused-ring (bicyclic) bond motifs is 1. The molecule has 0 fully saturated rings. The molecule has 1 atom stereocenters. The Morgan fingerprint density at radius 3 is 3.23 bits per heavy atom. The van der Waals surface area contributed by atoms with Gasteiger partial charge in [0.05, 0.1) is 12.1 Å². The maximum absolute atomic E-state index is 10.5. The smallest absolute Gasteiger partial charge is 0.304 e. The third-order valence-electron chi connectivity index (χ3n) is 2.27. The zero-order chi connectivity index (χ0) is 9.42. The van der Waals surface area contributed by atoms with E-state index in [4.69, 9.17) is 10.8 Å². The van der Waals surface area contributed by atoms with Crippen LogP contribution in [0.25, 0.3) is 0 Å². The molecule has 1 aliphatic carbocycles. The summed E-state index contributed by atoms with van der Waals surface area (Å²) >= 11 is 1.48. The molecule has 0 spiro atoms. The van der Waals surface area contributed by atoms with Crippen molar-refractivity contribution in [2.24, 2.45) is 0 Å². The first-order valence-corrected chi connectivity index (χ1v) is 4.95. The lowest BCUT2D eigenvalue weighted by Gasteiger charge is -2.03. The SMILES string of the molecule is Nc1nc2c(s1)CCC2CC(=O)O. The maximum atomic E-state index is 10.5. The van der Waals surface area contributed by atoms with E-state index in [2.05, 4.69) is 4.98 Å². The van der Waals surface area contributed by atoms with Crippen molar-refractivity contribution in [1.29, 1.82) is 0 Å². The quantitative estimate of drug-likeness (QED) is 0.749. The number of thiazole rings is 1. The van der Waals surface area contributed by atoms with Gasteiger partial charge in [-0.15, -0.1) is 11.3 Å². The molecule has 2 rings (SSSR count). The van der Waals surface area contributed by atoms with Gasteiger partial charge in [-0.3, -0.25) is 4.79 Å². The molecule has 1 aliphatic rings. The zero-order valence-electron chi connectivity index (χ0n) is 6.99. The Morgan fingerprint density at radius 1 is 1.77 bits per heavy atom. The van der Waals surface area contributed by atoms with Gasteiger partial charge in [0.15, 0.2) is 5.13 Å². The highest BCUT2D eigenvalue weighted by atomic mass is 32.1. The van der Waals surface area contributed by atoms with E-state index in [1.54, 1.807) is 0 Å². The zero-order valence-corrected chi connectivity index (χ0v) is 7.80. The van der Waals surface area contributed by atoms with Crippen LogP contribution in [-0.2, 0) is 11.2 Å². The summed E-state index contributed by atoms with van der Waals surface area (Å²) in [5.41, 5.74) is 6.46. The lowest BCUT2D eigenvalue weighted by atomic mass is 10.0. The Balaban J connectivity index is 2.22. The van der Waals surface area contributed by atoms with Crippen molar-refractivity contribution in [2.45, 2.75) is 25.2 Å². The molecule has 1 aromatic heterocycles. The molecule has 0 saturated heterocycles. The van der Waals surface area contributed by atoms with E-state index in [-0.39, 0.29) is 12.3 Å². The predicted molar refractivity (Wildman–Crippen MR) is 49.8 cm³/mol. The average molecular weight is 198 g/mol. The van der Waals surface area contributed by atoms with Crippen molar-refractivity contribution in [3.8, 4) is 0 Å². The third kappa shape index (κ3) is 1.51. The van der Waals surface area contributed by atoms with E-state index < -0.39 is 5.97 Å². The molecule has 5 heteroatoms. The van der Waals surface area contributed by atoms with Crippen molar-refractivity contribution in [3.63, 3.8) is 0 Å². The van der Waals surface area contributed by atoms with Crippen LogP contribution in [0.5, 0.6) is 0 Å². The molecule has 0 saturated carbocycles. The number of aliphatic carboxylic acids is 1. The number of anilines is 1. The number of hydrogen-bond donors (Lipinski definition) is 2. The highest BCUT2D eigenvalue weighted by Crippen LogP contribution is 2.38. The van der Waals surface area contributed by atoms with Crippen LogP contribution in [0.3, 0.4) is 0 Å².